The number of anilines is 1. The van der Waals surface area contributed by atoms with Gasteiger partial charge >= 0.3 is 11.8 Å². The average molecular weight is 458 g/mol. The monoisotopic (exact) mass is 457 g/mol. The number of ether oxygens (including phenoxy) is 1. The largest absolute Gasteiger partial charge is 0.488 e. The van der Waals surface area contributed by atoms with E-state index in [0.717, 1.165) is 16.3 Å². The maximum atomic E-state index is 12.3. The van der Waals surface area contributed by atoms with Gasteiger partial charge in [0.2, 0.25) is 0 Å². The molecule has 0 aliphatic heterocycles. The van der Waals surface area contributed by atoms with Gasteiger partial charge in [-0.1, -0.05) is 72.3 Å². The lowest BCUT2D eigenvalue weighted by atomic mass is 10.1. The molecule has 0 radical (unpaired) electrons. The van der Waals surface area contributed by atoms with Crippen LogP contribution >= 0.6 is 11.6 Å². The number of benzene rings is 4. The quantitative estimate of drug-likeness (QED) is 0.238. The Bertz CT molecular complexity index is 1310. The van der Waals surface area contributed by atoms with Crippen molar-refractivity contribution in [2.75, 3.05) is 5.32 Å². The standard InChI is InChI=1S/C26H20ClN3O3/c27-21-14-12-18(13-15-21)17-33-24-11-4-2-7-20(24)16-28-30-26(32)25(31)29-23-10-5-8-19-6-1-3-9-22(19)23/h1-16H,17H2,(H,29,31)(H,30,32)/b28-16+. The number of halogens is 1. The van der Waals surface area contributed by atoms with E-state index in [4.69, 9.17) is 16.3 Å². The molecule has 0 aliphatic carbocycles. The number of para-hydroxylation sites is 1. The molecule has 0 saturated heterocycles. The Balaban J connectivity index is 1.37. The fourth-order valence-electron chi connectivity index (χ4n) is 3.19. The van der Waals surface area contributed by atoms with Crippen molar-refractivity contribution in [3.8, 4) is 5.75 Å². The minimum atomic E-state index is -0.876. The molecule has 0 aliphatic rings. The molecule has 7 heteroatoms. The first kappa shape index (κ1) is 22.0. The van der Waals surface area contributed by atoms with Crippen LogP contribution in [0.5, 0.6) is 5.75 Å². The Morgan fingerprint density at radius 1 is 0.848 bits per heavy atom. The molecule has 0 spiro atoms. The van der Waals surface area contributed by atoms with E-state index in [1.165, 1.54) is 6.21 Å². The zero-order chi connectivity index (χ0) is 23.0. The van der Waals surface area contributed by atoms with Crippen LogP contribution in [0.4, 0.5) is 5.69 Å². The highest BCUT2D eigenvalue weighted by molar-refractivity contribution is 6.40. The van der Waals surface area contributed by atoms with Crippen LogP contribution in [0.25, 0.3) is 10.8 Å². The Labute approximate surface area is 195 Å². The first-order chi connectivity index (χ1) is 16.1. The van der Waals surface area contributed by atoms with Gasteiger partial charge in [-0.05, 0) is 41.3 Å². The van der Waals surface area contributed by atoms with Gasteiger partial charge in [0.05, 0.1) is 6.21 Å². The molecule has 4 aromatic rings. The molecule has 4 rings (SSSR count). The summed E-state index contributed by atoms with van der Waals surface area (Å²) in [6.07, 6.45) is 1.43. The molecule has 4 aromatic carbocycles. The third kappa shape index (κ3) is 5.75. The van der Waals surface area contributed by atoms with Gasteiger partial charge in [-0.3, -0.25) is 9.59 Å². The first-order valence-electron chi connectivity index (χ1n) is 10.2. The van der Waals surface area contributed by atoms with E-state index in [1.807, 2.05) is 60.7 Å². The van der Waals surface area contributed by atoms with Crippen LogP contribution in [0.3, 0.4) is 0 Å². The number of fused-ring (bicyclic) bond motifs is 1. The number of hydrogen-bond acceptors (Lipinski definition) is 4. The summed E-state index contributed by atoms with van der Waals surface area (Å²) in [5, 5.41) is 9.00. The lowest BCUT2D eigenvalue weighted by Crippen LogP contribution is -2.32. The molecular weight excluding hydrogens is 438 g/mol. The van der Waals surface area contributed by atoms with E-state index in [0.29, 0.717) is 28.6 Å². The lowest BCUT2D eigenvalue weighted by molar-refractivity contribution is -0.136. The molecule has 0 saturated carbocycles. The summed E-state index contributed by atoms with van der Waals surface area (Å²) in [5.41, 5.74) is 4.43. The Morgan fingerprint density at radius 3 is 2.42 bits per heavy atom. The second-order valence-corrected chi connectivity index (χ2v) is 7.57. The predicted octanol–water partition coefficient (Wildman–Crippen LogP) is 5.16. The van der Waals surface area contributed by atoms with E-state index in [2.05, 4.69) is 15.8 Å². The highest BCUT2D eigenvalue weighted by Crippen LogP contribution is 2.23. The molecule has 0 atom stereocenters. The summed E-state index contributed by atoms with van der Waals surface area (Å²) in [6.45, 7) is 0.349. The summed E-state index contributed by atoms with van der Waals surface area (Å²) in [4.78, 5) is 24.5. The molecule has 164 valence electrons. The summed E-state index contributed by atoms with van der Waals surface area (Å²) in [7, 11) is 0. The van der Waals surface area contributed by atoms with Gasteiger partial charge in [0.25, 0.3) is 0 Å². The fraction of sp³-hybridized carbons (Fsp3) is 0.0385. The number of carbonyl (C=O) groups is 2. The van der Waals surface area contributed by atoms with Crippen LogP contribution in [0.15, 0.2) is 96.1 Å². The summed E-state index contributed by atoms with van der Waals surface area (Å²) in [5.74, 6) is -1.10. The van der Waals surface area contributed by atoms with Crippen molar-refractivity contribution in [1.29, 1.82) is 0 Å². The number of hydrogen-bond donors (Lipinski definition) is 2. The van der Waals surface area contributed by atoms with E-state index < -0.39 is 11.8 Å². The van der Waals surface area contributed by atoms with Crippen molar-refractivity contribution >= 4 is 46.1 Å². The Morgan fingerprint density at radius 2 is 1.58 bits per heavy atom. The smallest absolute Gasteiger partial charge is 0.329 e. The number of amides is 2. The molecular formula is C26H20ClN3O3. The second-order valence-electron chi connectivity index (χ2n) is 7.13. The lowest BCUT2D eigenvalue weighted by Gasteiger charge is -2.09. The summed E-state index contributed by atoms with van der Waals surface area (Å²) < 4.78 is 5.86. The van der Waals surface area contributed by atoms with Crippen LogP contribution in [0, 0.1) is 0 Å². The maximum Gasteiger partial charge on any atom is 0.329 e. The van der Waals surface area contributed by atoms with Gasteiger partial charge in [0.1, 0.15) is 12.4 Å². The maximum absolute atomic E-state index is 12.3. The van der Waals surface area contributed by atoms with Crippen LogP contribution < -0.4 is 15.5 Å². The van der Waals surface area contributed by atoms with Gasteiger partial charge < -0.3 is 10.1 Å². The molecule has 0 aromatic heterocycles. The van der Waals surface area contributed by atoms with Crippen molar-refractivity contribution < 1.29 is 14.3 Å². The van der Waals surface area contributed by atoms with Gasteiger partial charge in [0, 0.05) is 21.7 Å². The average Bonchev–Trinajstić information content (AvgIpc) is 2.84. The van der Waals surface area contributed by atoms with Crippen molar-refractivity contribution in [2.24, 2.45) is 5.10 Å². The number of rotatable bonds is 6. The van der Waals surface area contributed by atoms with Crippen LogP contribution in [-0.2, 0) is 16.2 Å². The van der Waals surface area contributed by atoms with Crippen molar-refractivity contribution in [3.63, 3.8) is 0 Å². The second kappa shape index (κ2) is 10.4. The Kier molecular flexibility index (Phi) is 6.97. The zero-order valence-corrected chi connectivity index (χ0v) is 18.3. The fourth-order valence-corrected chi connectivity index (χ4v) is 3.31. The third-order valence-corrected chi connectivity index (χ3v) is 5.09. The predicted molar refractivity (Wildman–Crippen MR) is 131 cm³/mol. The van der Waals surface area contributed by atoms with E-state index >= 15 is 0 Å². The molecule has 2 amide bonds. The summed E-state index contributed by atoms with van der Waals surface area (Å²) >= 11 is 5.91. The molecule has 0 fully saturated rings. The third-order valence-electron chi connectivity index (χ3n) is 4.84. The highest BCUT2D eigenvalue weighted by atomic mass is 35.5. The molecule has 2 N–H and O–H groups in total. The van der Waals surface area contributed by atoms with Gasteiger partial charge in [-0.25, -0.2) is 5.43 Å². The van der Waals surface area contributed by atoms with Crippen LogP contribution in [-0.4, -0.2) is 18.0 Å². The van der Waals surface area contributed by atoms with E-state index in [1.54, 1.807) is 30.3 Å². The highest BCUT2D eigenvalue weighted by Gasteiger charge is 2.14. The van der Waals surface area contributed by atoms with Gasteiger partial charge in [0.15, 0.2) is 0 Å². The SMILES string of the molecule is O=C(N/N=C/c1ccccc1OCc1ccc(Cl)cc1)C(=O)Nc1cccc2ccccc12. The molecule has 6 nitrogen and oxygen atoms in total. The van der Waals surface area contributed by atoms with Gasteiger partial charge in [-0.2, -0.15) is 5.10 Å². The van der Waals surface area contributed by atoms with E-state index in [-0.39, 0.29) is 0 Å². The van der Waals surface area contributed by atoms with Crippen molar-refractivity contribution in [3.05, 3.63) is 107 Å². The number of nitrogens with zero attached hydrogens (tertiary/aromatic N) is 1. The molecule has 0 unspecified atom stereocenters. The Hall–Kier alpha value is -4.16. The van der Waals surface area contributed by atoms with Crippen molar-refractivity contribution in [1.82, 2.24) is 5.43 Å². The minimum absolute atomic E-state index is 0.349. The minimum Gasteiger partial charge on any atom is -0.488 e. The van der Waals surface area contributed by atoms with Crippen molar-refractivity contribution in [2.45, 2.75) is 6.61 Å². The molecule has 0 heterocycles. The summed E-state index contributed by atoms with van der Waals surface area (Å²) in [6, 6.07) is 27.7. The zero-order valence-electron chi connectivity index (χ0n) is 17.5. The van der Waals surface area contributed by atoms with E-state index in [9.17, 15) is 9.59 Å². The number of nitrogens with one attached hydrogen (secondary N) is 2. The van der Waals surface area contributed by atoms with Gasteiger partial charge in [-0.15, -0.1) is 0 Å². The number of hydrazone groups is 1. The van der Waals surface area contributed by atoms with Crippen LogP contribution in [0.1, 0.15) is 11.1 Å². The molecule has 33 heavy (non-hydrogen) atoms. The van der Waals surface area contributed by atoms with Crippen LogP contribution in [0.2, 0.25) is 5.02 Å². The topological polar surface area (TPSA) is 79.8 Å². The number of carbonyl (C=O) groups excluding carboxylic acids is 2. The normalized spacial score (nSPS) is 10.8. The first-order valence-corrected chi connectivity index (χ1v) is 10.6. The molecule has 0 bridgehead atoms.